The lowest BCUT2D eigenvalue weighted by Crippen LogP contribution is -2.43. The average molecular weight is 422 g/mol. The summed E-state index contributed by atoms with van der Waals surface area (Å²) in [5.41, 5.74) is 1.43. The number of hydrogen-bond donors (Lipinski definition) is 1. The highest BCUT2D eigenvalue weighted by Gasteiger charge is 2.31. The van der Waals surface area contributed by atoms with Crippen molar-refractivity contribution >= 4 is 5.91 Å². The molecule has 0 aliphatic carbocycles. The van der Waals surface area contributed by atoms with E-state index in [0.29, 0.717) is 38.5 Å². The van der Waals surface area contributed by atoms with Crippen LogP contribution in [0.4, 0.5) is 13.2 Å². The second-order valence-corrected chi connectivity index (χ2v) is 7.13. The van der Waals surface area contributed by atoms with Gasteiger partial charge in [-0.3, -0.25) is 9.69 Å². The topological polar surface area (TPSA) is 50.8 Å². The van der Waals surface area contributed by atoms with Gasteiger partial charge in [-0.15, -0.1) is 0 Å². The zero-order valence-corrected chi connectivity index (χ0v) is 16.7. The van der Waals surface area contributed by atoms with Crippen LogP contribution in [0.5, 0.6) is 0 Å². The molecule has 0 saturated carbocycles. The lowest BCUT2D eigenvalue weighted by atomic mass is 10.0. The molecule has 162 valence electrons. The van der Waals surface area contributed by atoms with Gasteiger partial charge in [0.25, 0.3) is 5.91 Å². The van der Waals surface area contributed by atoms with Gasteiger partial charge in [-0.05, 0) is 35.4 Å². The summed E-state index contributed by atoms with van der Waals surface area (Å²) in [5, 5.41) is 2.92. The third-order valence-corrected chi connectivity index (χ3v) is 5.07. The minimum atomic E-state index is -4.38. The van der Waals surface area contributed by atoms with Gasteiger partial charge < -0.3 is 14.8 Å². The molecule has 1 heterocycles. The van der Waals surface area contributed by atoms with E-state index in [1.807, 2.05) is 6.07 Å². The molecule has 0 bridgehead atoms. The molecule has 1 atom stereocenters. The molecule has 2 aromatic carbocycles. The smallest absolute Gasteiger partial charge is 0.380 e. The van der Waals surface area contributed by atoms with E-state index in [1.54, 1.807) is 25.3 Å². The van der Waals surface area contributed by atoms with Gasteiger partial charge in [0.1, 0.15) is 0 Å². The zero-order valence-electron chi connectivity index (χ0n) is 16.7. The van der Waals surface area contributed by atoms with E-state index < -0.39 is 11.7 Å². The highest BCUT2D eigenvalue weighted by atomic mass is 19.4. The molecule has 5 nitrogen and oxygen atoms in total. The number of ether oxygens (including phenoxy) is 2. The molecule has 1 N–H and O–H groups in total. The number of morpholine rings is 1. The number of nitrogens with zero attached hydrogens (tertiary/aromatic N) is 1. The Kier molecular flexibility index (Phi) is 7.47. The number of rotatable bonds is 7. The van der Waals surface area contributed by atoms with Crippen LogP contribution >= 0.6 is 0 Å². The van der Waals surface area contributed by atoms with Crippen molar-refractivity contribution in [3.8, 4) is 0 Å². The van der Waals surface area contributed by atoms with E-state index in [1.165, 1.54) is 12.1 Å². The van der Waals surface area contributed by atoms with Gasteiger partial charge in [-0.25, -0.2) is 0 Å². The molecule has 2 aromatic rings. The Bertz CT molecular complexity index is 834. The number of nitrogens with one attached hydrogen (secondary N) is 1. The molecule has 1 aliphatic rings. The Balaban J connectivity index is 1.74. The molecule has 1 fully saturated rings. The number of carbonyl (C=O) groups excluding carboxylic acids is 1. The molecule has 0 aromatic heterocycles. The van der Waals surface area contributed by atoms with Gasteiger partial charge in [0.15, 0.2) is 0 Å². The Morgan fingerprint density at radius 1 is 1.17 bits per heavy atom. The first kappa shape index (κ1) is 22.3. The van der Waals surface area contributed by atoms with Crippen LogP contribution in [0.25, 0.3) is 0 Å². The van der Waals surface area contributed by atoms with E-state index in [2.05, 4.69) is 10.2 Å². The Morgan fingerprint density at radius 2 is 1.87 bits per heavy atom. The summed E-state index contributed by atoms with van der Waals surface area (Å²) in [7, 11) is 1.59. The largest absolute Gasteiger partial charge is 0.416 e. The van der Waals surface area contributed by atoms with Crippen LogP contribution in [0.15, 0.2) is 48.5 Å². The Hall–Kier alpha value is -2.42. The molecule has 30 heavy (non-hydrogen) atoms. The van der Waals surface area contributed by atoms with Crippen molar-refractivity contribution < 1.29 is 27.4 Å². The maximum Gasteiger partial charge on any atom is 0.416 e. The lowest BCUT2D eigenvalue weighted by Gasteiger charge is -2.35. The number of halogens is 3. The van der Waals surface area contributed by atoms with E-state index in [4.69, 9.17) is 9.47 Å². The van der Waals surface area contributed by atoms with Crippen LogP contribution in [0.3, 0.4) is 0 Å². The standard InChI is InChI=1S/C22H25F3N2O3/c1-29-15-16-3-2-4-18(13-16)21(28)26-14-20(27-9-11-30-12-10-27)17-5-7-19(8-6-17)22(23,24)25/h2-8,13,20H,9-12,14-15H2,1H3,(H,26,28). The first-order valence-electron chi connectivity index (χ1n) is 9.73. The molecule has 1 amide bonds. The monoisotopic (exact) mass is 422 g/mol. The first-order valence-corrected chi connectivity index (χ1v) is 9.73. The maximum absolute atomic E-state index is 12.9. The zero-order chi connectivity index (χ0) is 21.6. The van der Waals surface area contributed by atoms with Crippen molar-refractivity contribution in [2.45, 2.75) is 18.8 Å². The summed E-state index contributed by atoms with van der Waals surface area (Å²) in [5.74, 6) is -0.238. The molecule has 0 radical (unpaired) electrons. The average Bonchev–Trinajstić information content (AvgIpc) is 2.75. The highest BCUT2D eigenvalue weighted by molar-refractivity contribution is 5.94. The van der Waals surface area contributed by atoms with Crippen molar-refractivity contribution in [3.63, 3.8) is 0 Å². The predicted molar refractivity (Wildman–Crippen MR) is 106 cm³/mol. The summed E-state index contributed by atoms with van der Waals surface area (Å²) in [4.78, 5) is 14.8. The minimum Gasteiger partial charge on any atom is -0.380 e. The van der Waals surface area contributed by atoms with Gasteiger partial charge in [0.2, 0.25) is 0 Å². The molecule has 8 heteroatoms. The van der Waals surface area contributed by atoms with Crippen LogP contribution in [0.1, 0.15) is 33.1 Å². The molecule has 1 unspecified atom stereocenters. The fourth-order valence-corrected chi connectivity index (χ4v) is 3.50. The van der Waals surface area contributed by atoms with E-state index in [0.717, 1.165) is 23.3 Å². The van der Waals surface area contributed by atoms with Gasteiger partial charge in [0, 0.05) is 32.3 Å². The first-order chi connectivity index (χ1) is 14.4. The predicted octanol–water partition coefficient (Wildman–Crippen LogP) is 3.66. The quantitative estimate of drug-likeness (QED) is 0.740. The summed E-state index contributed by atoms with van der Waals surface area (Å²) < 4.78 is 49.2. The summed E-state index contributed by atoms with van der Waals surface area (Å²) in [6.07, 6.45) is -4.38. The van der Waals surface area contributed by atoms with Gasteiger partial charge in [-0.2, -0.15) is 13.2 Å². The molecule has 3 rings (SSSR count). The fraction of sp³-hybridized carbons (Fsp3) is 0.409. The minimum absolute atomic E-state index is 0.238. The third kappa shape index (κ3) is 5.81. The van der Waals surface area contributed by atoms with E-state index >= 15 is 0 Å². The number of methoxy groups -OCH3 is 1. The molecule has 1 saturated heterocycles. The van der Waals surface area contributed by atoms with Gasteiger partial charge in [-0.1, -0.05) is 24.3 Å². The highest BCUT2D eigenvalue weighted by Crippen LogP contribution is 2.31. The van der Waals surface area contributed by atoms with Crippen molar-refractivity contribution in [2.75, 3.05) is 40.0 Å². The van der Waals surface area contributed by atoms with Crippen molar-refractivity contribution in [3.05, 3.63) is 70.8 Å². The SMILES string of the molecule is COCc1cccc(C(=O)NCC(c2ccc(C(F)(F)F)cc2)N2CCOCC2)c1. The Labute approximate surface area is 173 Å². The fourth-order valence-electron chi connectivity index (χ4n) is 3.50. The lowest BCUT2D eigenvalue weighted by molar-refractivity contribution is -0.137. The molecular formula is C22H25F3N2O3. The van der Waals surface area contributed by atoms with E-state index in [9.17, 15) is 18.0 Å². The summed E-state index contributed by atoms with van der Waals surface area (Å²) >= 11 is 0. The maximum atomic E-state index is 12.9. The number of hydrogen-bond acceptors (Lipinski definition) is 4. The second kappa shape index (κ2) is 10.1. The van der Waals surface area contributed by atoms with Crippen LogP contribution < -0.4 is 5.32 Å². The molecule has 0 spiro atoms. The van der Waals surface area contributed by atoms with Crippen LogP contribution in [-0.4, -0.2) is 50.8 Å². The van der Waals surface area contributed by atoms with Crippen LogP contribution in [0.2, 0.25) is 0 Å². The van der Waals surface area contributed by atoms with Crippen molar-refractivity contribution in [2.24, 2.45) is 0 Å². The third-order valence-electron chi connectivity index (χ3n) is 5.07. The second-order valence-electron chi connectivity index (χ2n) is 7.13. The van der Waals surface area contributed by atoms with Gasteiger partial charge in [0.05, 0.1) is 31.4 Å². The Morgan fingerprint density at radius 3 is 2.50 bits per heavy atom. The number of carbonyl (C=O) groups is 1. The van der Waals surface area contributed by atoms with Crippen LogP contribution in [0, 0.1) is 0 Å². The van der Waals surface area contributed by atoms with Crippen molar-refractivity contribution in [1.82, 2.24) is 10.2 Å². The number of benzene rings is 2. The molecule has 1 aliphatic heterocycles. The van der Waals surface area contributed by atoms with E-state index in [-0.39, 0.29) is 18.5 Å². The van der Waals surface area contributed by atoms with Crippen molar-refractivity contribution in [1.29, 1.82) is 0 Å². The molecular weight excluding hydrogens is 397 g/mol. The number of alkyl halides is 3. The summed E-state index contributed by atoms with van der Waals surface area (Å²) in [6, 6.07) is 12.0. The normalized spacial score (nSPS) is 16.3. The van der Waals surface area contributed by atoms with Crippen LogP contribution in [-0.2, 0) is 22.3 Å². The van der Waals surface area contributed by atoms with Gasteiger partial charge >= 0.3 is 6.18 Å². The summed E-state index contributed by atoms with van der Waals surface area (Å²) in [6.45, 7) is 3.06. The number of amides is 1.